The monoisotopic (exact) mass is 387 g/mol. The number of benzene rings is 1. The van der Waals surface area contributed by atoms with Crippen molar-refractivity contribution in [2.45, 2.75) is 52.1 Å². The summed E-state index contributed by atoms with van der Waals surface area (Å²) in [5.41, 5.74) is 7.07. The number of piperidine rings is 1. The van der Waals surface area contributed by atoms with Crippen LogP contribution in [0.5, 0.6) is 5.75 Å². The minimum Gasteiger partial charge on any atom is -0.493 e. The van der Waals surface area contributed by atoms with Gasteiger partial charge in [-0.1, -0.05) is 12.1 Å². The van der Waals surface area contributed by atoms with Crippen LogP contribution in [0.3, 0.4) is 0 Å². The molecule has 0 spiro atoms. The Kier molecular flexibility index (Phi) is 5.91. The van der Waals surface area contributed by atoms with Crippen molar-refractivity contribution < 1.29 is 19.1 Å². The van der Waals surface area contributed by atoms with Crippen molar-refractivity contribution in [3.8, 4) is 5.75 Å². The number of amidine groups is 1. The zero-order chi connectivity index (χ0) is 20.3. The molecule has 7 nitrogen and oxygen atoms in total. The lowest BCUT2D eigenvalue weighted by molar-refractivity contribution is -0.117. The second-order valence-electron chi connectivity index (χ2n) is 8.41. The first-order valence-corrected chi connectivity index (χ1v) is 9.83. The maximum absolute atomic E-state index is 12.1. The fraction of sp³-hybridized carbons (Fsp3) is 0.571. The molecule has 0 radical (unpaired) electrons. The number of rotatable bonds is 4. The van der Waals surface area contributed by atoms with E-state index in [2.05, 4.69) is 4.99 Å². The number of carbonyl (C=O) groups excluding carboxylic acids is 2. The molecular formula is C21H29N3O4. The van der Waals surface area contributed by atoms with Gasteiger partial charge in [0.1, 0.15) is 17.2 Å². The lowest BCUT2D eigenvalue weighted by Crippen LogP contribution is -2.41. The standard InChI is InChI=1S/C21H29N3O4/c1-21(2,3)28-20(26)24-10-7-14(8-11-24)9-12-27-16-6-4-5-15-13-17(25)23-19(22)18(15)16/h4-6,14H,7-13H2,1-3H3,(H2,22,23,25). The van der Waals surface area contributed by atoms with Crippen molar-refractivity contribution in [3.63, 3.8) is 0 Å². The van der Waals surface area contributed by atoms with Gasteiger partial charge in [0.05, 0.1) is 18.6 Å². The van der Waals surface area contributed by atoms with Crippen molar-refractivity contribution in [2.75, 3.05) is 19.7 Å². The molecule has 1 saturated heterocycles. The van der Waals surface area contributed by atoms with Crippen LogP contribution in [-0.4, -0.2) is 48.0 Å². The molecule has 0 aliphatic carbocycles. The highest BCUT2D eigenvalue weighted by Gasteiger charge is 2.27. The lowest BCUT2D eigenvalue weighted by Gasteiger charge is -2.33. The van der Waals surface area contributed by atoms with Crippen LogP contribution in [0.2, 0.25) is 0 Å². The molecule has 2 amide bonds. The van der Waals surface area contributed by atoms with Gasteiger partial charge in [-0.2, -0.15) is 4.99 Å². The van der Waals surface area contributed by atoms with E-state index >= 15 is 0 Å². The van der Waals surface area contributed by atoms with Crippen molar-refractivity contribution in [1.82, 2.24) is 4.90 Å². The molecule has 0 aromatic heterocycles. The van der Waals surface area contributed by atoms with E-state index in [4.69, 9.17) is 15.2 Å². The Hall–Kier alpha value is -2.57. The quantitative estimate of drug-likeness (QED) is 0.857. The predicted molar refractivity (Wildman–Crippen MR) is 107 cm³/mol. The number of likely N-dealkylation sites (tertiary alicyclic amines) is 1. The summed E-state index contributed by atoms with van der Waals surface area (Å²) in [5, 5.41) is 0. The van der Waals surface area contributed by atoms with Crippen LogP contribution in [0, 0.1) is 5.92 Å². The Labute approximate surface area is 165 Å². The Balaban J connectivity index is 1.48. The number of hydrogen-bond donors (Lipinski definition) is 1. The summed E-state index contributed by atoms with van der Waals surface area (Å²) >= 11 is 0. The van der Waals surface area contributed by atoms with Gasteiger partial charge in [-0.15, -0.1) is 0 Å². The van der Waals surface area contributed by atoms with Crippen molar-refractivity contribution >= 4 is 17.8 Å². The summed E-state index contributed by atoms with van der Waals surface area (Å²) in [5.74, 6) is 1.19. The molecule has 28 heavy (non-hydrogen) atoms. The topological polar surface area (TPSA) is 94.2 Å². The van der Waals surface area contributed by atoms with Crippen LogP contribution < -0.4 is 10.5 Å². The maximum Gasteiger partial charge on any atom is 0.410 e. The van der Waals surface area contributed by atoms with Crippen LogP contribution in [0.25, 0.3) is 0 Å². The summed E-state index contributed by atoms with van der Waals surface area (Å²) in [4.78, 5) is 29.4. The summed E-state index contributed by atoms with van der Waals surface area (Å²) in [6, 6.07) is 5.62. The largest absolute Gasteiger partial charge is 0.493 e. The molecule has 3 rings (SSSR count). The second-order valence-corrected chi connectivity index (χ2v) is 8.41. The molecule has 0 saturated carbocycles. The summed E-state index contributed by atoms with van der Waals surface area (Å²) < 4.78 is 11.4. The van der Waals surface area contributed by atoms with Crippen LogP contribution in [-0.2, 0) is 16.0 Å². The van der Waals surface area contributed by atoms with Crippen LogP contribution >= 0.6 is 0 Å². The van der Waals surface area contributed by atoms with Crippen molar-refractivity contribution in [1.29, 1.82) is 0 Å². The van der Waals surface area contributed by atoms with Gasteiger partial charge in [-0.05, 0) is 57.6 Å². The van der Waals surface area contributed by atoms with Gasteiger partial charge >= 0.3 is 6.09 Å². The van der Waals surface area contributed by atoms with Crippen LogP contribution in [0.15, 0.2) is 23.2 Å². The molecule has 1 aromatic carbocycles. The predicted octanol–water partition coefficient (Wildman–Crippen LogP) is 2.89. The fourth-order valence-corrected chi connectivity index (χ4v) is 3.59. The summed E-state index contributed by atoms with van der Waals surface area (Å²) in [6.45, 7) is 7.62. The molecule has 2 aliphatic heterocycles. The highest BCUT2D eigenvalue weighted by Crippen LogP contribution is 2.27. The summed E-state index contributed by atoms with van der Waals surface area (Å²) in [7, 11) is 0. The first kappa shape index (κ1) is 20.2. The number of fused-ring (bicyclic) bond motifs is 1. The smallest absolute Gasteiger partial charge is 0.410 e. The Morgan fingerprint density at radius 3 is 2.68 bits per heavy atom. The van der Waals surface area contributed by atoms with Crippen LogP contribution in [0.1, 0.15) is 51.2 Å². The molecular weight excluding hydrogens is 358 g/mol. The van der Waals surface area contributed by atoms with E-state index in [0.717, 1.165) is 30.4 Å². The molecule has 2 N–H and O–H groups in total. The Bertz CT molecular complexity index is 774. The molecule has 0 atom stereocenters. The molecule has 2 heterocycles. The van der Waals surface area contributed by atoms with E-state index in [1.54, 1.807) is 4.90 Å². The molecule has 1 aromatic rings. The first-order chi connectivity index (χ1) is 13.2. The molecule has 0 bridgehead atoms. The average molecular weight is 387 g/mol. The Morgan fingerprint density at radius 2 is 2.00 bits per heavy atom. The van der Waals surface area contributed by atoms with Gasteiger partial charge in [0, 0.05) is 13.1 Å². The number of ether oxygens (including phenoxy) is 2. The van der Waals surface area contributed by atoms with E-state index in [0.29, 0.717) is 31.4 Å². The summed E-state index contributed by atoms with van der Waals surface area (Å²) in [6.07, 6.45) is 2.81. The van der Waals surface area contributed by atoms with Gasteiger partial charge in [0.15, 0.2) is 0 Å². The number of nitrogens with zero attached hydrogens (tertiary/aromatic N) is 2. The molecule has 7 heteroatoms. The van der Waals surface area contributed by atoms with E-state index < -0.39 is 5.60 Å². The zero-order valence-corrected chi connectivity index (χ0v) is 16.9. The van der Waals surface area contributed by atoms with Gasteiger partial charge in [-0.3, -0.25) is 4.79 Å². The number of aliphatic imine (C=N–C) groups is 1. The lowest BCUT2D eigenvalue weighted by atomic mass is 9.94. The van der Waals surface area contributed by atoms with Gasteiger partial charge < -0.3 is 20.1 Å². The van der Waals surface area contributed by atoms with E-state index in [-0.39, 0.29) is 24.3 Å². The second kappa shape index (κ2) is 8.20. The van der Waals surface area contributed by atoms with Gasteiger partial charge in [0.2, 0.25) is 0 Å². The fourth-order valence-electron chi connectivity index (χ4n) is 3.59. The highest BCUT2D eigenvalue weighted by molar-refractivity contribution is 6.10. The number of hydrogen-bond acceptors (Lipinski definition) is 5. The third-order valence-electron chi connectivity index (χ3n) is 5.01. The van der Waals surface area contributed by atoms with Gasteiger partial charge in [0.25, 0.3) is 5.91 Å². The third-order valence-corrected chi connectivity index (χ3v) is 5.01. The van der Waals surface area contributed by atoms with E-state index in [1.807, 2.05) is 39.0 Å². The SMILES string of the molecule is CC(C)(C)OC(=O)N1CCC(CCOc2cccc3c2C(N)=NC(=O)C3)CC1. The number of amides is 2. The normalized spacial score (nSPS) is 17.8. The average Bonchev–Trinajstić information content (AvgIpc) is 2.60. The minimum absolute atomic E-state index is 0.223. The Morgan fingerprint density at radius 1 is 1.29 bits per heavy atom. The molecule has 0 unspecified atom stereocenters. The molecule has 2 aliphatic rings. The number of carbonyl (C=O) groups is 2. The zero-order valence-electron chi connectivity index (χ0n) is 16.9. The van der Waals surface area contributed by atoms with Crippen molar-refractivity contribution in [3.05, 3.63) is 29.3 Å². The van der Waals surface area contributed by atoms with Crippen LogP contribution in [0.4, 0.5) is 4.79 Å². The van der Waals surface area contributed by atoms with E-state index in [9.17, 15) is 9.59 Å². The minimum atomic E-state index is -0.466. The maximum atomic E-state index is 12.1. The highest BCUT2D eigenvalue weighted by atomic mass is 16.6. The number of nitrogens with two attached hydrogens (primary N) is 1. The molecule has 1 fully saturated rings. The van der Waals surface area contributed by atoms with Gasteiger partial charge in [-0.25, -0.2) is 4.79 Å². The molecule has 152 valence electrons. The van der Waals surface area contributed by atoms with Crippen molar-refractivity contribution in [2.24, 2.45) is 16.6 Å². The van der Waals surface area contributed by atoms with E-state index in [1.165, 1.54) is 0 Å². The third kappa shape index (κ3) is 5.03. The first-order valence-electron chi connectivity index (χ1n) is 9.83.